The lowest BCUT2D eigenvalue weighted by Gasteiger charge is -2.10. The number of rotatable bonds is 3. The van der Waals surface area contributed by atoms with E-state index in [0.29, 0.717) is 0 Å². The fraction of sp³-hybridized carbons (Fsp3) is 0.143. The molecule has 14 heavy (non-hydrogen) atoms. The van der Waals surface area contributed by atoms with Crippen molar-refractivity contribution in [2.24, 2.45) is 5.11 Å². The summed E-state index contributed by atoms with van der Waals surface area (Å²) in [6.45, 7) is 0. The minimum atomic E-state index is -1.38. The molecule has 0 fully saturated rings. The molecule has 0 spiro atoms. The van der Waals surface area contributed by atoms with Crippen molar-refractivity contribution in [1.82, 2.24) is 5.48 Å². The van der Waals surface area contributed by atoms with Crippen LogP contribution in [0, 0.1) is 0 Å². The Morgan fingerprint density at radius 1 is 1.50 bits per heavy atom. The van der Waals surface area contributed by atoms with Crippen LogP contribution in [0.3, 0.4) is 0 Å². The number of aliphatic hydroxyl groups is 1. The molecule has 1 rings (SSSR count). The van der Waals surface area contributed by atoms with Crippen LogP contribution in [-0.2, 0) is 0 Å². The zero-order chi connectivity index (χ0) is 10.6. The first-order valence-corrected chi connectivity index (χ1v) is 3.64. The molecule has 0 bridgehead atoms. The maximum Gasteiger partial charge on any atom is 0.156 e. The highest BCUT2D eigenvalue weighted by Crippen LogP contribution is 2.27. The maximum absolute atomic E-state index is 9.33. The molecule has 1 aromatic carbocycles. The average molecular weight is 196 g/mol. The number of hydrogen-bond acceptors (Lipinski definition) is 5. The van der Waals surface area contributed by atoms with Crippen LogP contribution in [0.2, 0.25) is 0 Å². The molecule has 0 amide bonds. The van der Waals surface area contributed by atoms with Crippen LogP contribution >= 0.6 is 0 Å². The molecule has 7 heteroatoms. The van der Waals surface area contributed by atoms with Gasteiger partial charge in [-0.2, -0.15) is 5.48 Å². The number of nitrogens with one attached hydrogen (secondary N) is 1. The highest BCUT2D eigenvalue weighted by Gasteiger charge is 2.10. The quantitative estimate of drug-likeness (QED) is 0.191. The summed E-state index contributed by atoms with van der Waals surface area (Å²) in [5.74, 6) is -0.274. The summed E-state index contributed by atoms with van der Waals surface area (Å²) in [6.07, 6.45) is -1.38. The fourth-order valence-electron chi connectivity index (χ4n) is 0.947. The zero-order valence-corrected chi connectivity index (χ0v) is 6.99. The Morgan fingerprint density at radius 2 is 2.21 bits per heavy atom. The molecule has 0 saturated carbocycles. The third kappa shape index (κ3) is 2.12. The maximum atomic E-state index is 9.33. The molecule has 0 aromatic heterocycles. The number of azide groups is 1. The molecule has 0 aliphatic heterocycles. The van der Waals surface area contributed by atoms with Crippen LogP contribution in [0.4, 0.5) is 5.69 Å². The third-order valence-corrected chi connectivity index (χ3v) is 1.59. The number of phenols is 1. The van der Waals surface area contributed by atoms with Crippen LogP contribution in [0.1, 0.15) is 11.8 Å². The molecule has 1 atom stereocenters. The Hall–Kier alpha value is -1.79. The minimum Gasteiger partial charge on any atom is -0.508 e. The van der Waals surface area contributed by atoms with E-state index in [1.54, 1.807) is 5.48 Å². The molecule has 74 valence electrons. The van der Waals surface area contributed by atoms with E-state index < -0.39 is 6.23 Å². The number of hydrogen-bond donors (Lipinski definition) is 4. The molecule has 1 unspecified atom stereocenters. The zero-order valence-electron chi connectivity index (χ0n) is 6.99. The molecule has 4 N–H and O–H groups in total. The van der Waals surface area contributed by atoms with Crippen LogP contribution in [0.15, 0.2) is 23.3 Å². The van der Waals surface area contributed by atoms with E-state index in [1.807, 2.05) is 0 Å². The second-order valence-corrected chi connectivity index (χ2v) is 2.46. The highest BCUT2D eigenvalue weighted by atomic mass is 16.5. The van der Waals surface area contributed by atoms with Gasteiger partial charge >= 0.3 is 0 Å². The number of aromatic hydroxyl groups is 1. The first-order valence-electron chi connectivity index (χ1n) is 3.64. The highest BCUT2D eigenvalue weighted by molar-refractivity contribution is 5.47. The minimum absolute atomic E-state index is 0.0874. The van der Waals surface area contributed by atoms with Gasteiger partial charge in [0.15, 0.2) is 6.23 Å². The molecule has 0 aliphatic rings. The van der Waals surface area contributed by atoms with Crippen molar-refractivity contribution in [2.45, 2.75) is 6.23 Å². The second-order valence-electron chi connectivity index (χ2n) is 2.46. The molecule has 1 aromatic rings. The Balaban J connectivity index is 3.06. The summed E-state index contributed by atoms with van der Waals surface area (Å²) >= 11 is 0. The lowest BCUT2D eigenvalue weighted by atomic mass is 10.1. The predicted octanol–water partition coefficient (Wildman–Crippen LogP) is 1.30. The van der Waals surface area contributed by atoms with Crippen LogP contribution in [-0.4, -0.2) is 15.4 Å². The summed E-state index contributed by atoms with van der Waals surface area (Å²) in [4.78, 5) is 2.53. The van der Waals surface area contributed by atoms with E-state index >= 15 is 0 Å². The normalized spacial score (nSPS) is 11.9. The van der Waals surface area contributed by atoms with Crippen molar-refractivity contribution in [1.29, 1.82) is 0 Å². The number of aliphatic hydroxyl groups excluding tert-OH is 1. The lowest BCUT2D eigenvalue weighted by Crippen LogP contribution is -2.15. The van der Waals surface area contributed by atoms with Crippen molar-refractivity contribution in [3.63, 3.8) is 0 Å². The number of phenolic OH excluding ortho intramolecular Hbond substituents is 1. The molecule has 0 heterocycles. The average Bonchev–Trinajstić information content (AvgIpc) is 2.17. The molecule has 0 saturated heterocycles. The van der Waals surface area contributed by atoms with Crippen molar-refractivity contribution < 1.29 is 15.4 Å². The Kier molecular flexibility index (Phi) is 3.27. The molecule has 7 nitrogen and oxygen atoms in total. The third-order valence-electron chi connectivity index (χ3n) is 1.59. The predicted molar refractivity (Wildman–Crippen MR) is 46.8 cm³/mol. The standard InChI is InChI=1S/C7H8N4O3/c8-11-9-4-1-2-5(6(12)3-4)7(13)10-14/h1-3,7,10,12-14H. The van der Waals surface area contributed by atoms with Crippen molar-refractivity contribution in [3.8, 4) is 5.75 Å². The van der Waals surface area contributed by atoms with Gasteiger partial charge in [0.25, 0.3) is 0 Å². The van der Waals surface area contributed by atoms with Gasteiger partial charge in [0, 0.05) is 16.2 Å². The van der Waals surface area contributed by atoms with E-state index in [1.165, 1.54) is 18.2 Å². The van der Waals surface area contributed by atoms with Gasteiger partial charge in [-0.25, -0.2) is 0 Å². The van der Waals surface area contributed by atoms with E-state index in [0.717, 1.165) is 0 Å². The molecule has 0 radical (unpaired) electrons. The topological polar surface area (TPSA) is 121 Å². The van der Waals surface area contributed by atoms with Crippen LogP contribution in [0.5, 0.6) is 5.75 Å². The van der Waals surface area contributed by atoms with Gasteiger partial charge in [-0.3, -0.25) is 0 Å². The van der Waals surface area contributed by atoms with E-state index in [4.69, 9.17) is 15.8 Å². The summed E-state index contributed by atoms with van der Waals surface area (Å²) in [6, 6.07) is 3.90. The smallest absolute Gasteiger partial charge is 0.156 e. The van der Waals surface area contributed by atoms with Gasteiger partial charge in [-0.1, -0.05) is 17.2 Å². The Morgan fingerprint density at radius 3 is 2.71 bits per heavy atom. The van der Waals surface area contributed by atoms with Gasteiger partial charge in [0.2, 0.25) is 0 Å². The largest absolute Gasteiger partial charge is 0.508 e. The first kappa shape index (κ1) is 10.3. The van der Waals surface area contributed by atoms with E-state index in [-0.39, 0.29) is 17.0 Å². The van der Waals surface area contributed by atoms with Crippen molar-refractivity contribution >= 4 is 5.69 Å². The van der Waals surface area contributed by atoms with E-state index in [9.17, 15) is 5.11 Å². The summed E-state index contributed by atoms with van der Waals surface area (Å²) in [7, 11) is 0. The molecular weight excluding hydrogens is 188 g/mol. The van der Waals surface area contributed by atoms with Crippen LogP contribution in [0.25, 0.3) is 10.4 Å². The molecular formula is C7H8N4O3. The van der Waals surface area contributed by atoms with Crippen LogP contribution < -0.4 is 5.48 Å². The van der Waals surface area contributed by atoms with Gasteiger partial charge in [0.1, 0.15) is 5.75 Å². The number of benzene rings is 1. The van der Waals surface area contributed by atoms with Crippen molar-refractivity contribution in [2.75, 3.05) is 0 Å². The van der Waals surface area contributed by atoms with Gasteiger partial charge in [-0.05, 0) is 11.6 Å². The van der Waals surface area contributed by atoms with Gasteiger partial charge < -0.3 is 15.4 Å². The number of hydroxylamine groups is 1. The SMILES string of the molecule is [N-]=[N+]=Nc1ccc(C(O)NO)c(O)c1. The van der Waals surface area contributed by atoms with E-state index in [2.05, 4.69) is 10.0 Å². The second kappa shape index (κ2) is 4.45. The summed E-state index contributed by atoms with van der Waals surface area (Å²) < 4.78 is 0. The lowest BCUT2D eigenvalue weighted by molar-refractivity contribution is -0.000545. The van der Waals surface area contributed by atoms with Gasteiger partial charge in [0.05, 0.1) is 0 Å². The Labute approximate surface area is 78.8 Å². The molecule has 0 aliphatic carbocycles. The first-order chi connectivity index (χ1) is 6.69. The monoisotopic (exact) mass is 196 g/mol. The summed E-state index contributed by atoms with van der Waals surface area (Å²) in [5.41, 5.74) is 9.98. The van der Waals surface area contributed by atoms with Gasteiger partial charge in [-0.15, -0.1) is 0 Å². The summed E-state index contributed by atoms with van der Waals surface area (Å²) in [5, 5.41) is 30.1. The Bertz CT molecular complexity index is 375. The van der Waals surface area contributed by atoms with Crippen molar-refractivity contribution in [3.05, 3.63) is 34.2 Å². The number of nitrogens with zero attached hydrogens (tertiary/aromatic N) is 3. The fourth-order valence-corrected chi connectivity index (χ4v) is 0.947.